The molecule has 0 aliphatic rings. The molecule has 0 aliphatic heterocycles. The van der Waals surface area contributed by atoms with E-state index in [1.54, 1.807) is 6.92 Å². The van der Waals surface area contributed by atoms with E-state index in [2.05, 4.69) is 17.6 Å². The predicted octanol–water partition coefficient (Wildman–Crippen LogP) is 0.744. The Balaban J connectivity index is 3.77. The molecule has 0 aliphatic carbocycles. The van der Waals surface area contributed by atoms with Crippen LogP contribution >= 0.6 is 0 Å². The number of unbranched alkanes of at least 4 members (excludes halogenated alkanes) is 2. The van der Waals surface area contributed by atoms with Crippen molar-refractivity contribution in [2.45, 2.75) is 52.1 Å². The SMILES string of the molecule is CCCCCNC(=O)C(C)NC(C)C(=O)O. The molecule has 94 valence electrons. The third kappa shape index (κ3) is 6.40. The number of hydrogen-bond donors (Lipinski definition) is 3. The highest BCUT2D eigenvalue weighted by atomic mass is 16.4. The van der Waals surface area contributed by atoms with Crippen LogP contribution in [0.4, 0.5) is 0 Å². The summed E-state index contributed by atoms with van der Waals surface area (Å²) in [7, 11) is 0. The van der Waals surface area contributed by atoms with Crippen LogP contribution in [-0.4, -0.2) is 35.6 Å². The molecule has 0 bridgehead atoms. The second kappa shape index (κ2) is 8.10. The van der Waals surface area contributed by atoms with Gasteiger partial charge in [-0.2, -0.15) is 0 Å². The van der Waals surface area contributed by atoms with Gasteiger partial charge in [0.15, 0.2) is 0 Å². The fourth-order valence-electron chi connectivity index (χ4n) is 1.26. The van der Waals surface area contributed by atoms with Gasteiger partial charge in [0.1, 0.15) is 6.04 Å². The Labute approximate surface area is 96.6 Å². The molecule has 0 spiro atoms. The summed E-state index contributed by atoms with van der Waals surface area (Å²) < 4.78 is 0. The predicted molar refractivity (Wildman–Crippen MR) is 62.2 cm³/mol. The minimum atomic E-state index is -0.953. The Hall–Kier alpha value is -1.10. The molecule has 2 unspecified atom stereocenters. The van der Waals surface area contributed by atoms with Gasteiger partial charge in [-0.15, -0.1) is 0 Å². The fourth-order valence-corrected chi connectivity index (χ4v) is 1.26. The maximum absolute atomic E-state index is 11.5. The summed E-state index contributed by atoms with van der Waals surface area (Å²) in [6.07, 6.45) is 3.16. The first-order chi connectivity index (χ1) is 7.49. The summed E-state index contributed by atoms with van der Waals surface area (Å²) in [4.78, 5) is 22.1. The van der Waals surface area contributed by atoms with Gasteiger partial charge < -0.3 is 10.4 Å². The van der Waals surface area contributed by atoms with Gasteiger partial charge in [-0.3, -0.25) is 14.9 Å². The van der Waals surface area contributed by atoms with Crippen LogP contribution in [0.5, 0.6) is 0 Å². The van der Waals surface area contributed by atoms with Crippen molar-refractivity contribution >= 4 is 11.9 Å². The van der Waals surface area contributed by atoms with Gasteiger partial charge in [0.2, 0.25) is 5.91 Å². The van der Waals surface area contributed by atoms with Gasteiger partial charge in [-0.05, 0) is 20.3 Å². The molecule has 0 fully saturated rings. The minimum Gasteiger partial charge on any atom is -0.480 e. The van der Waals surface area contributed by atoms with Gasteiger partial charge >= 0.3 is 5.97 Å². The maximum atomic E-state index is 11.5. The van der Waals surface area contributed by atoms with Crippen molar-refractivity contribution in [3.63, 3.8) is 0 Å². The fraction of sp³-hybridized carbons (Fsp3) is 0.818. The van der Waals surface area contributed by atoms with E-state index in [-0.39, 0.29) is 5.91 Å². The van der Waals surface area contributed by atoms with Crippen LogP contribution in [-0.2, 0) is 9.59 Å². The second-order valence-corrected chi connectivity index (χ2v) is 3.95. The molecule has 1 amide bonds. The number of rotatable bonds is 8. The van der Waals surface area contributed by atoms with Crippen molar-refractivity contribution in [2.75, 3.05) is 6.54 Å². The molecular weight excluding hydrogens is 208 g/mol. The second-order valence-electron chi connectivity index (χ2n) is 3.95. The van der Waals surface area contributed by atoms with E-state index < -0.39 is 18.1 Å². The number of amides is 1. The first-order valence-electron chi connectivity index (χ1n) is 5.75. The zero-order valence-electron chi connectivity index (χ0n) is 10.2. The normalized spacial score (nSPS) is 14.2. The van der Waals surface area contributed by atoms with Gasteiger partial charge in [0, 0.05) is 6.54 Å². The lowest BCUT2D eigenvalue weighted by Crippen LogP contribution is -2.48. The zero-order chi connectivity index (χ0) is 12.6. The van der Waals surface area contributed by atoms with Crippen LogP contribution in [0.2, 0.25) is 0 Å². The molecular formula is C11H22N2O3. The Bertz CT molecular complexity index is 231. The molecule has 5 nitrogen and oxygen atoms in total. The van der Waals surface area contributed by atoms with Gasteiger partial charge in [0.25, 0.3) is 0 Å². The third-order valence-electron chi connectivity index (χ3n) is 2.34. The Morgan fingerprint density at radius 3 is 2.31 bits per heavy atom. The van der Waals surface area contributed by atoms with Gasteiger partial charge in [-0.25, -0.2) is 0 Å². The average Bonchev–Trinajstić information content (AvgIpc) is 2.23. The molecule has 0 rings (SSSR count). The number of carboxylic acids is 1. The molecule has 16 heavy (non-hydrogen) atoms. The molecule has 2 atom stereocenters. The highest BCUT2D eigenvalue weighted by Gasteiger charge is 2.18. The molecule has 0 aromatic rings. The third-order valence-corrected chi connectivity index (χ3v) is 2.34. The van der Waals surface area contributed by atoms with E-state index >= 15 is 0 Å². The first-order valence-corrected chi connectivity index (χ1v) is 5.75. The number of carbonyl (C=O) groups excluding carboxylic acids is 1. The van der Waals surface area contributed by atoms with Crippen molar-refractivity contribution in [3.8, 4) is 0 Å². The van der Waals surface area contributed by atoms with E-state index in [0.29, 0.717) is 6.54 Å². The summed E-state index contributed by atoms with van der Waals surface area (Å²) >= 11 is 0. The van der Waals surface area contributed by atoms with Crippen LogP contribution < -0.4 is 10.6 Å². The summed E-state index contributed by atoms with van der Waals surface area (Å²) in [5.41, 5.74) is 0. The molecule has 0 radical (unpaired) electrons. The van der Waals surface area contributed by atoms with Crippen molar-refractivity contribution in [3.05, 3.63) is 0 Å². The lowest BCUT2D eigenvalue weighted by Gasteiger charge is -2.16. The van der Waals surface area contributed by atoms with Crippen LogP contribution in [0.3, 0.4) is 0 Å². The van der Waals surface area contributed by atoms with Crippen LogP contribution in [0.25, 0.3) is 0 Å². The molecule has 5 heteroatoms. The van der Waals surface area contributed by atoms with E-state index in [9.17, 15) is 9.59 Å². The quantitative estimate of drug-likeness (QED) is 0.537. The van der Waals surface area contributed by atoms with Gasteiger partial charge in [-0.1, -0.05) is 19.8 Å². The van der Waals surface area contributed by atoms with Gasteiger partial charge in [0.05, 0.1) is 6.04 Å². The Morgan fingerprint density at radius 1 is 1.19 bits per heavy atom. The van der Waals surface area contributed by atoms with E-state index in [0.717, 1.165) is 19.3 Å². The van der Waals surface area contributed by atoms with Crippen LogP contribution in [0.1, 0.15) is 40.0 Å². The molecule has 0 heterocycles. The van der Waals surface area contributed by atoms with Crippen LogP contribution in [0, 0.1) is 0 Å². The Morgan fingerprint density at radius 2 is 1.81 bits per heavy atom. The van der Waals surface area contributed by atoms with E-state index in [4.69, 9.17) is 5.11 Å². The molecule has 0 saturated carbocycles. The van der Waals surface area contributed by atoms with Crippen molar-refractivity contribution in [1.29, 1.82) is 0 Å². The maximum Gasteiger partial charge on any atom is 0.320 e. The summed E-state index contributed by atoms with van der Waals surface area (Å²) in [5.74, 6) is -1.10. The van der Waals surface area contributed by atoms with Crippen molar-refractivity contribution in [2.24, 2.45) is 0 Å². The minimum absolute atomic E-state index is 0.149. The van der Waals surface area contributed by atoms with Crippen molar-refractivity contribution < 1.29 is 14.7 Å². The lowest BCUT2D eigenvalue weighted by molar-refractivity contribution is -0.139. The summed E-state index contributed by atoms with van der Waals surface area (Å²) in [5, 5.41) is 14.1. The smallest absolute Gasteiger partial charge is 0.320 e. The average molecular weight is 230 g/mol. The lowest BCUT2D eigenvalue weighted by atomic mass is 10.2. The standard InChI is InChI=1S/C11H22N2O3/c1-4-5-6-7-12-10(14)8(2)13-9(3)11(15)16/h8-9,13H,4-7H2,1-3H3,(H,12,14)(H,15,16). The number of hydrogen-bond acceptors (Lipinski definition) is 3. The topological polar surface area (TPSA) is 78.4 Å². The first kappa shape index (κ1) is 14.9. The number of carboxylic acid groups (broad SMARTS) is 1. The monoisotopic (exact) mass is 230 g/mol. The summed E-state index contributed by atoms with van der Waals surface area (Å²) in [6, 6.07) is -1.19. The molecule has 0 aromatic heterocycles. The van der Waals surface area contributed by atoms with E-state index in [1.165, 1.54) is 6.92 Å². The molecule has 0 aromatic carbocycles. The number of aliphatic carboxylic acids is 1. The highest BCUT2D eigenvalue weighted by molar-refractivity contribution is 5.82. The number of carbonyl (C=O) groups is 2. The zero-order valence-corrected chi connectivity index (χ0v) is 10.2. The highest BCUT2D eigenvalue weighted by Crippen LogP contribution is 1.92. The van der Waals surface area contributed by atoms with Crippen molar-refractivity contribution in [1.82, 2.24) is 10.6 Å². The molecule has 3 N–H and O–H groups in total. The summed E-state index contributed by atoms with van der Waals surface area (Å²) in [6.45, 7) is 5.93. The molecule has 0 saturated heterocycles. The largest absolute Gasteiger partial charge is 0.480 e. The Kier molecular flexibility index (Phi) is 7.54. The van der Waals surface area contributed by atoms with Crippen LogP contribution in [0.15, 0.2) is 0 Å². The number of nitrogens with one attached hydrogen (secondary N) is 2. The van der Waals surface area contributed by atoms with E-state index in [1.807, 2.05) is 0 Å².